The van der Waals surface area contributed by atoms with E-state index in [0.29, 0.717) is 32.7 Å². The first kappa shape index (κ1) is 22.2. The van der Waals surface area contributed by atoms with Gasteiger partial charge in [0.05, 0.1) is 17.8 Å². The van der Waals surface area contributed by atoms with Gasteiger partial charge >= 0.3 is 0 Å². The maximum absolute atomic E-state index is 13.5. The minimum Gasteiger partial charge on any atom is -0.341 e. The molecule has 29 heavy (non-hydrogen) atoms. The van der Waals surface area contributed by atoms with Crippen molar-refractivity contribution in [2.24, 2.45) is 5.92 Å². The van der Waals surface area contributed by atoms with E-state index in [0.717, 1.165) is 24.7 Å². The maximum Gasteiger partial charge on any atom is 0.244 e. The lowest BCUT2D eigenvalue weighted by Gasteiger charge is -2.39. The van der Waals surface area contributed by atoms with Crippen LogP contribution in [0.4, 0.5) is 0 Å². The molecule has 1 amide bonds. The average Bonchev–Trinajstić information content (AvgIpc) is 2.68. The van der Waals surface area contributed by atoms with E-state index in [1.54, 1.807) is 4.90 Å². The summed E-state index contributed by atoms with van der Waals surface area (Å²) in [4.78, 5) is 17.3. The van der Waals surface area contributed by atoms with Gasteiger partial charge in [0, 0.05) is 32.7 Å². The summed E-state index contributed by atoms with van der Waals surface area (Å²) in [5.41, 5.74) is 0.855. The molecule has 2 fully saturated rings. The summed E-state index contributed by atoms with van der Waals surface area (Å²) >= 11 is 0. The van der Waals surface area contributed by atoms with Crippen molar-refractivity contribution in [1.29, 1.82) is 0 Å². The van der Waals surface area contributed by atoms with Crippen LogP contribution < -0.4 is 4.72 Å². The fourth-order valence-corrected chi connectivity index (χ4v) is 5.77. The molecule has 0 aliphatic carbocycles. The Balaban J connectivity index is 1.76. The van der Waals surface area contributed by atoms with Crippen LogP contribution in [0.2, 0.25) is 0 Å². The molecule has 162 valence electrons. The summed E-state index contributed by atoms with van der Waals surface area (Å²) in [6.07, 6.45) is 2.82. The van der Waals surface area contributed by atoms with Crippen LogP contribution in [0.3, 0.4) is 0 Å². The number of rotatable bonds is 6. The molecule has 0 bridgehead atoms. The quantitative estimate of drug-likeness (QED) is 0.676. The van der Waals surface area contributed by atoms with Crippen molar-refractivity contribution in [2.75, 3.05) is 50.5 Å². The highest BCUT2D eigenvalue weighted by Gasteiger charge is 2.36. The highest BCUT2D eigenvalue weighted by molar-refractivity contribution is 7.91. The Labute approximate surface area is 173 Å². The van der Waals surface area contributed by atoms with Gasteiger partial charge in [0.1, 0.15) is 6.04 Å². The summed E-state index contributed by atoms with van der Waals surface area (Å²) in [5.74, 6) is 0.148. The lowest BCUT2D eigenvalue weighted by Crippen LogP contribution is -2.51. The zero-order valence-electron chi connectivity index (χ0n) is 16.7. The number of piperidine rings is 1. The second kappa shape index (κ2) is 9.11. The third-order valence-electron chi connectivity index (χ3n) is 5.56. The number of nitrogens with one attached hydrogen (secondary N) is 1. The Morgan fingerprint density at radius 3 is 2.45 bits per heavy atom. The highest BCUT2D eigenvalue weighted by atomic mass is 32.2. The van der Waals surface area contributed by atoms with Crippen molar-refractivity contribution in [1.82, 2.24) is 14.5 Å². The predicted molar refractivity (Wildman–Crippen MR) is 112 cm³/mol. The number of carbonyl (C=O) groups is 1. The van der Waals surface area contributed by atoms with Crippen LogP contribution in [0.25, 0.3) is 0 Å². The van der Waals surface area contributed by atoms with E-state index in [-0.39, 0.29) is 23.3 Å². The van der Waals surface area contributed by atoms with E-state index in [9.17, 15) is 21.6 Å². The van der Waals surface area contributed by atoms with Gasteiger partial charge in [0.15, 0.2) is 9.84 Å². The van der Waals surface area contributed by atoms with Crippen LogP contribution in [0.1, 0.15) is 24.4 Å². The minimum absolute atomic E-state index is 0.0421. The van der Waals surface area contributed by atoms with Gasteiger partial charge in [0.2, 0.25) is 15.9 Å². The summed E-state index contributed by atoms with van der Waals surface area (Å²) in [7, 11) is -6.31. The van der Waals surface area contributed by atoms with E-state index in [4.69, 9.17) is 0 Å². The largest absolute Gasteiger partial charge is 0.341 e. The SMILES string of the molecule is CS(=O)(=O)NCC1CCCN(C(=O)C(c2ccccc2)N2CCS(=O)(=O)CC2)C1. The van der Waals surface area contributed by atoms with Crippen molar-refractivity contribution < 1.29 is 21.6 Å². The molecule has 0 aromatic heterocycles. The number of sulfonamides is 1. The monoisotopic (exact) mass is 443 g/mol. The van der Waals surface area contributed by atoms with E-state index in [2.05, 4.69) is 4.72 Å². The second-order valence-electron chi connectivity index (χ2n) is 7.91. The molecule has 2 saturated heterocycles. The molecule has 2 atom stereocenters. The summed E-state index contributed by atoms with van der Waals surface area (Å²) in [6.45, 7) is 2.11. The van der Waals surface area contributed by atoms with Gasteiger partial charge in [0.25, 0.3) is 0 Å². The molecule has 1 N–H and O–H groups in total. The Kier molecular flexibility index (Phi) is 6.98. The van der Waals surface area contributed by atoms with Crippen LogP contribution >= 0.6 is 0 Å². The molecule has 2 heterocycles. The average molecular weight is 444 g/mol. The zero-order chi connectivity index (χ0) is 21.1. The summed E-state index contributed by atoms with van der Waals surface area (Å²) in [5, 5.41) is 0. The van der Waals surface area contributed by atoms with Gasteiger partial charge in [-0.3, -0.25) is 9.69 Å². The van der Waals surface area contributed by atoms with Crippen molar-refractivity contribution >= 4 is 25.8 Å². The van der Waals surface area contributed by atoms with Gasteiger partial charge in [-0.25, -0.2) is 21.6 Å². The molecular weight excluding hydrogens is 414 g/mol. The molecule has 10 heteroatoms. The zero-order valence-corrected chi connectivity index (χ0v) is 18.3. The molecule has 0 radical (unpaired) electrons. The highest BCUT2D eigenvalue weighted by Crippen LogP contribution is 2.27. The molecule has 1 aromatic rings. The van der Waals surface area contributed by atoms with Crippen LogP contribution in [-0.2, 0) is 24.7 Å². The Morgan fingerprint density at radius 2 is 1.83 bits per heavy atom. The fourth-order valence-electron chi connectivity index (χ4n) is 4.00. The first-order valence-corrected chi connectivity index (χ1v) is 13.6. The Morgan fingerprint density at radius 1 is 1.17 bits per heavy atom. The number of nitrogens with zero attached hydrogens (tertiary/aromatic N) is 2. The van der Waals surface area contributed by atoms with Crippen LogP contribution in [0, 0.1) is 5.92 Å². The fraction of sp³-hybridized carbons (Fsp3) is 0.632. The third-order valence-corrected chi connectivity index (χ3v) is 7.86. The smallest absolute Gasteiger partial charge is 0.244 e. The molecule has 2 unspecified atom stereocenters. The van der Waals surface area contributed by atoms with Crippen LogP contribution in [-0.4, -0.2) is 83.0 Å². The lowest BCUT2D eigenvalue weighted by atomic mass is 9.96. The van der Waals surface area contributed by atoms with Crippen LogP contribution in [0.15, 0.2) is 30.3 Å². The number of amides is 1. The van der Waals surface area contributed by atoms with Gasteiger partial charge in [-0.2, -0.15) is 0 Å². The van der Waals surface area contributed by atoms with Gasteiger partial charge < -0.3 is 4.90 Å². The summed E-state index contributed by atoms with van der Waals surface area (Å²) in [6, 6.07) is 8.93. The van der Waals surface area contributed by atoms with E-state index >= 15 is 0 Å². The molecule has 3 rings (SSSR count). The number of sulfone groups is 1. The van der Waals surface area contributed by atoms with Gasteiger partial charge in [-0.15, -0.1) is 0 Å². The third kappa shape index (κ3) is 6.24. The number of benzene rings is 1. The number of hydrogen-bond acceptors (Lipinski definition) is 6. The molecule has 2 aliphatic rings. The number of likely N-dealkylation sites (tertiary alicyclic amines) is 1. The lowest BCUT2D eigenvalue weighted by molar-refractivity contribution is -0.139. The maximum atomic E-state index is 13.5. The first-order chi connectivity index (χ1) is 13.6. The van der Waals surface area contributed by atoms with Crippen LogP contribution in [0.5, 0.6) is 0 Å². The number of carbonyl (C=O) groups excluding carboxylic acids is 1. The van der Waals surface area contributed by atoms with E-state index in [1.807, 2.05) is 35.2 Å². The van der Waals surface area contributed by atoms with E-state index in [1.165, 1.54) is 0 Å². The molecular formula is C19H29N3O5S2. The van der Waals surface area contributed by atoms with Gasteiger partial charge in [-0.05, 0) is 24.3 Å². The molecule has 1 aromatic carbocycles. The molecule has 0 saturated carbocycles. The van der Waals surface area contributed by atoms with Crippen molar-refractivity contribution in [2.45, 2.75) is 18.9 Å². The summed E-state index contributed by atoms with van der Waals surface area (Å²) < 4.78 is 49.0. The Hall–Kier alpha value is -1.49. The number of hydrogen-bond donors (Lipinski definition) is 1. The first-order valence-electron chi connectivity index (χ1n) is 9.87. The minimum atomic E-state index is -3.27. The van der Waals surface area contributed by atoms with Gasteiger partial charge in [-0.1, -0.05) is 30.3 Å². The topological polar surface area (TPSA) is 104 Å². The van der Waals surface area contributed by atoms with Crippen molar-refractivity contribution in [3.8, 4) is 0 Å². The standard InChI is InChI=1S/C19H29N3O5S2/c1-28(24,25)20-14-16-6-5-9-22(15-16)19(23)18(17-7-3-2-4-8-17)21-10-12-29(26,27)13-11-21/h2-4,7-8,16,18,20H,5-6,9-15H2,1H3. The second-order valence-corrected chi connectivity index (χ2v) is 12.1. The van der Waals surface area contributed by atoms with Crippen molar-refractivity contribution in [3.63, 3.8) is 0 Å². The molecule has 8 nitrogen and oxygen atoms in total. The predicted octanol–water partition coefficient (Wildman–Crippen LogP) is 0.246. The van der Waals surface area contributed by atoms with E-state index < -0.39 is 25.9 Å². The van der Waals surface area contributed by atoms with Crippen molar-refractivity contribution in [3.05, 3.63) is 35.9 Å². The Bertz CT molecular complexity index is 904. The normalized spacial score (nSPS) is 24.2. The molecule has 0 spiro atoms. The molecule has 2 aliphatic heterocycles.